The Morgan fingerprint density at radius 1 is 1.08 bits per heavy atom. The molecule has 2 aromatic rings. The topological polar surface area (TPSA) is 53.0 Å². The molecule has 0 saturated carbocycles. The Morgan fingerprint density at radius 3 is 2.50 bits per heavy atom. The molecule has 1 N–H and O–H groups in total. The second-order valence-electron chi connectivity index (χ2n) is 6.48. The van der Waals surface area contributed by atoms with Crippen LogP contribution in [0.2, 0.25) is 0 Å². The van der Waals surface area contributed by atoms with Crippen LogP contribution in [0.4, 0.5) is 10.5 Å². The standard InChI is InChI=1S/C20H24N2O3S/c1-15-7-8-18(16(2)13-15)26-19-6-4-3-5-17(19)22-11-9-21(10-12-22)14-25-20(23)24/h3-8,13H,9-12,14H2,1-2H3,(H,23,24). The van der Waals surface area contributed by atoms with Crippen molar-refractivity contribution in [2.45, 2.75) is 23.6 Å². The van der Waals surface area contributed by atoms with Gasteiger partial charge in [-0.05, 0) is 37.6 Å². The number of benzene rings is 2. The highest BCUT2D eigenvalue weighted by Gasteiger charge is 2.20. The number of hydrogen-bond acceptors (Lipinski definition) is 5. The van der Waals surface area contributed by atoms with E-state index < -0.39 is 6.16 Å². The lowest BCUT2D eigenvalue weighted by molar-refractivity contribution is 0.0329. The largest absolute Gasteiger partial charge is 0.507 e. The van der Waals surface area contributed by atoms with Gasteiger partial charge in [0.2, 0.25) is 0 Å². The summed E-state index contributed by atoms with van der Waals surface area (Å²) in [7, 11) is 0. The maximum atomic E-state index is 10.5. The van der Waals surface area contributed by atoms with Crippen LogP contribution in [0.1, 0.15) is 11.1 Å². The second-order valence-corrected chi connectivity index (χ2v) is 7.57. The van der Waals surface area contributed by atoms with Crippen molar-refractivity contribution in [3.8, 4) is 0 Å². The predicted octanol–water partition coefficient (Wildman–Crippen LogP) is 4.23. The fourth-order valence-corrected chi connectivity index (χ4v) is 4.14. The summed E-state index contributed by atoms with van der Waals surface area (Å²) in [6.45, 7) is 7.69. The van der Waals surface area contributed by atoms with E-state index in [4.69, 9.17) is 5.11 Å². The van der Waals surface area contributed by atoms with E-state index in [1.807, 2.05) is 4.90 Å². The Hall–Kier alpha value is -2.18. The van der Waals surface area contributed by atoms with Crippen molar-refractivity contribution in [3.63, 3.8) is 0 Å². The zero-order chi connectivity index (χ0) is 18.5. The molecule has 2 aromatic carbocycles. The summed E-state index contributed by atoms with van der Waals surface area (Å²) in [6, 6.07) is 15.0. The molecule has 3 rings (SSSR count). The third-order valence-electron chi connectivity index (χ3n) is 4.50. The Balaban J connectivity index is 1.69. The van der Waals surface area contributed by atoms with Gasteiger partial charge in [0.25, 0.3) is 0 Å². The quantitative estimate of drug-likeness (QED) is 0.793. The number of ether oxygens (including phenoxy) is 1. The van der Waals surface area contributed by atoms with Gasteiger partial charge >= 0.3 is 6.16 Å². The van der Waals surface area contributed by atoms with Crippen molar-refractivity contribution in [2.24, 2.45) is 0 Å². The van der Waals surface area contributed by atoms with Crippen molar-refractivity contribution in [2.75, 3.05) is 37.8 Å². The summed E-state index contributed by atoms with van der Waals surface area (Å²) in [4.78, 5) is 17.4. The van der Waals surface area contributed by atoms with Crippen LogP contribution in [0.5, 0.6) is 0 Å². The molecule has 6 heteroatoms. The van der Waals surface area contributed by atoms with E-state index in [9.17, 15) is 4.79 Å². The number of nitrogens with zero attached hydrogens (tertiary/aromatic N) is 2. The minimum absolute atomic E-state index is 0.141. The van der Waals surface area contributed by atoms with Gasteiger partial charge in [-0.2, -0.15) is 0 Å². The summed E-state index contributed by atoms with van der Waals surface area (Å²) >= 11 is 1.80. The van der Waals surface area contributed by atoms with Gasteiger partial charge in [-0.25, -0.2) is 4.79 Å². The van der Waals surface area contributed by atoms with Crippen molar-refractivity contribution in [1.29, 1.82) is 0 Å². The second kappa shape index (κ2) is 8.47. The van der Waals surface area contributed by atoms with E-state index in [0.717, 1.165) is 26.2 Å². The van der Waals surface area contributed by atoms with Gasteiger partial charge in [0.05, 0.1) is 5.69 Å². The lowest BCUT2D eigenvalue weighted by atomic mass is 10.2. The smallest absolute Gasteiger partial charge is 0.450 e. The van der Waals surface area contributed by atoms with Crippen molar-refractivity contribution in [3.05, 3.63) is 53.6 Å². The lowest BCUT2D eigenvalue weighted by Crippen LogP contribution is -2.47. The van der Waals surface area contributed by atoms with E-state index in [0.29, 0.717) is 0 Å². The first-order valence-electron chi connectivity index (χ1n) is 8.70. The van der Waals surface area contributed by atoms with E-state index in [2.05, 4.69) is 65.9 Å². The Kier molecular flexibility index (Phi) is 6.06. The average molecular weight is 372 g/mol. The molecule has 0 aliphatic carbocycles. The summed E-state index contributed by atoms with van der Waals surface area (Å²) in [5, 5.41) is 8.63. The lowest BCUT2D eigenvalue weighted by Gasteiger charge is -2.36. The normalized spacial score (nSPS) is 15.1. The summed E-state index contributed by atoms with van der Waals surface area (Å²) in [5.74, 6) is 0. The molecule has 1 fully saturated rings. The van der Waals surface area contributed by atoms with Crippen molar-refractivity contribution in [1.82, 2.24) is 4.90 Å². The molecule has 0 atom stereocenters. The maximum Gasteiger partial charge on any atom is 0.507 e. The van der Waals surface area contributed by atoms with E-state index in [1.54, 1.807) is 11.8 Å². The molecule has 0 amide bonds. The fraction of sp³-hybridized carbons (Fsp3) is 0.350. The highest BCUT2D eigenvalue weighted by atomic mass is 32.2. The predicted molar refractivity (Wildman–Crippen MR) is 104 cm³/mol. The first-order chi connectivity index (χ1) is 12.5. The summed E-state index contributed by atoms with van der Waals surface area (Å²) in [6.07, 6.45) is -1.22. The van der Waals surface area contributed by atoms with E-state index in [1.165, 1.54) is 26.6 Å². The van der Waals surface area contributed by atoms with Gasteiger partial charge in [-0.15, -0.1) is 0 Å². The molecule has 0 unspecified atom stereocenters. The highest BCUT2D eigenvalue weighted by molar-refractivity contribution is 7.99. The Bertz CT molecular complexity index is 773. The Morgan fingerprint density at radius 2 is 1.81 bits per heavy atom. The molecule has 138 valence electrons. The third kappa shape index (κ3) is 4.71. The third-order valence-corrected chi connectivity index (χ3v) is 5.74. The van der Waals surface area contributed by atoms with Crippen LogP contribution in [0.25, 0.3) is 0 Å². The van der Waals surface area contributed by atoms with E-state index >= 15 is 0 Å². The van der Waals surface area contributed by atoms with Crippen LogP contribution >= 0.6 is 11.8 Å². The number of para-hydroxylation sites is 1. The van der Waals surface area contributed by atoms with Crippen LogP contribution < -0.4 is 4.90 Å². The minimum atomic E-state index is -1.22. The molecule has 0 bridgehead atoms. The fourth-order valence-electron chi connectivity index (χ4n) is 3.10. The van der Waals surface area contributed by atoms with Crippen molar-refractivity contribution < 1.29 is 14.6 Å². The van der Waals surface area contributed by atoms with Gasteiger partial charge in [0, 0.05) is 36.0 Å². The molecule has 1 saturated heterocycles. The van der Waals surface area contributed by atoms with Crippen LogP contribution in [-0.2, 0) is 4.74 Å². The molecular weight excluding hydrogens is 348 g/mol. The summed E-state index contributed by atoms with van der Waals surface area (Å²) in [5.41, 5.74) is 3.80. The number of carboxylic acid groups (broad SMARTS) is 1. The zero-order valence-corrected chi connectivity index (χ0v) is 16.0. The average Bonchev–Trinajstić information content (AvgIpc) is 2.63. The molecule has 1 aliphatic heterocycles. The number of rotatable bonds is 5. The Labute approximate surface area is 158 Å². The number of aryl methyl sites for hydroxylation is 2. The van der Waals surface area contributed by atoms with Gasteiger partial charge in [0.1, 0.15) is 6.73 Å². The number of carbonyl (C=O) groups is 1. The van der Waals surface area contributed by atoms with Crippen LogP contribution in [0.3, 0.4) is 0 Å². The highest BCUT2D eigenvalue weighted by Crippen LogP contribution is 2.37. The molecule has 26 heavy (non-hydrogen) atoms. The first-order valence-corrected chi connectivity index (χ1v) is 9.52. The van der Waals surface area contributed by atoms with E-state index in [-0.39, 0.29) is 6.73 Å². The molecule has 0 spiro atoms. The van der Waals surface area contributed by atoms with Gasteiger partial charge in [0.15, 0.2) is 0 Å². The molecule has 1 heterocycles. The van der Waals surface area contributed by atoms with Crippen LogP contribution in [0, 0.1) is 13.8 Å². The monoisotopic (exact) mass is 372 g/mol. The number of piperazine rings is 1. The van der Waals surface area contributed by atoms with Gasteiger partial charge < -0.3 is 14.7 Å². The molecule has 5 nitrogen and oxygen atoms in total. The van der Waals surface area contributed by atoms with Crippen LogP contribution in [-0.4, -0.2) is 49.1 Å². The van der Waals surface area contributed by atoms with Gasteiger partial charge in [-0.3, -0.25) is 4.90 Å². The summed E-state index contributed by atoms with van der Waals surface area (Å²) < 4.78 is 4.67. The molecule has 0 aromatic heterocycles. The van der Waals surface area contributed by atoms with Gasteiger partial charge in [-0.1, -0.05) is 41.6 Å². The molecular formula is C20H24N2O3S. The molecule has 0 radical (unpaired) electrons. The number of hydrogen-bond donors (Lipinski definition) is 1. The first kappa shape index (κ1) is 18.6. The van der Waals surface area contributed by atoms with Crippen molar-refractivity contribution >= 4 is 23.6 Å². The minimum Gasteiger partial charge on any atom is -0.450 e. The van der Waals surface area contributed by atoms with Crippen LogP contribution in [0.15, 0.2) is 52.3 Å². The SMILES string of the molecule is Cc1ccc(Sc2ccccc2N2CCN(COC(=O)O)CC2)c(C)c1. The number of anilines is 1. The molecule has 1 aliphatic rings. The maximum absolute atomic E-state index is 10.5. The zero-order valence-electron chi connectivity index (χ0n) is 15.1.